The van der Waals surface area contributed by atoms with Crippen LogP contribution in [-0.2, 0) is 6.42 Å². The third-order valence-electron chi connectivity index (χ3n) is 3.50. The second-order valence-corrected chi connectivity index (χ2v) is 4.90. The molecule has 0 radical (unpaired) electrons. The molecule has 3 aromatic rings. The number of imidazole rings is 1. The van der Waals surface area contributed by atoms with Gasteiger partial charge in [0.2, 0.25) is 0 Å². The standard InChI is InChI=1S/C15H18N4/c1-9-4-3-5-11-14(9)15(10(2)18-11)12-8-17-13(19-12)6-7-16/h3-5,8,18H,6-7,16H2,1-2H3,(H,17,19). The summed E-state index contributed by atoms with van der Waals surface area (Å²) in [6.07, 6.45) is 2.67. The van der Waals surface area contributed by atoms with Crippen molar-refractivity contribution in [2.45, 2.75) is 20.3 Å². The van der Waals surface area contributed by atoms with Gasteiger partial charge in [0.25, 0.3) is 0 Å². The first kappa shape index (κ1) is 12.0. The predicted octanol–water partition coefficient (Wildman–Crippen LogP) is 2.68. The molecule has 1 aromatic carbocycles. The van der Waals surface area contributed by atoms with Crippen LogP contribution in [0.4, 0.5) is 0 Å². The molecule has 0 spiro atoms. The van der Waals surface area contributed by atoms with Gasteiger partial charge in [-0.15, -0.1) is 0 Å². The molecule has 4 nitrogen and oxygen atoms in total. The van der Waals surface area contributed by atoms with E-state index in [1.54, 1.807) is 0 Å². The molecule has 0 fully saturated rings. The van der Waals surface area contributed by atoms with Gasteiger partial charge in [0.15, 0.2) is 0 Å². The first-order valence-corrected chi connectivity index (χ1v) is 6.53. The lowest BCUT2D eigenvalue weighted by Gasteiger charge is -2.01. The van der Waals surface area contributed by atoms with Gasteiger partial charge in [-0.25, -0.2) is 4.98 Å². The Bertz CT molecular complexity index is 721. The van der Waals surface area contributed by atoms with Crippen molar-refractivity contribution in [3.63, 3.8) is 0 Å². The largest absolute Gasteiger partial charge is 0.358 e. The lowest BCUT2D eigenvalue weighted by atomic mass is 10.0. The van der Waals surface area contributed by atoms with Gasteiger partial charge in [-0.05, 0) is 32.0 Å². The highest BCUT2D eigenvalue weighted by molar-refractivity contribution is 5.98. The van der Waals surface area contributed by atoms with Crippen LogP contribution in [0.5, 0.6) is 0 Å². The number of H-pyrrole nitrogens is 2. The Morgan fingerprint density at radius 2 is 2.05 bits per heavy atom. The molecular weight excluding hydrogens is 236 g/mol. The van der Waals surface area contributed by atoms with E-state index in [1.807, 2.05) is 6.20 Å². The van der Waals surface area contributed by atoms with Gasteiger partial charge in [-0.3, -0.25) is 0 Å². The quantitative estimate of drug-likeness (QED) is 0.672. The Kier molecular flexibility index (Phi) is 2.87. The number of nitrogens with two attached hydrogens (primary N) is 1. The highest BCUT2D eigenvalue weighted by atomic mass is 14.9. The zero-order valence-corrected chi connectivity index (χ0v) is 11.2. The zero-order valence-electron chi connectivity index (χ0n) is 11.2. The summed E-state index contributed by atoms with van der Waals surface area (Å²) in [4.78, 5) is 11.2. The number of nitrogens with one attached hydrogen (secondary N) is 2. The Morgan fingerprint density at radius 1 is 1.21 bits per heavy atom. The normalized spacial score (nSPS) is 11.3. The zero-order chi connectivity index (χ0) is 13.4. The van der Waals surface area contributed by atoms with Crippen molar-refractivity contribution in [2.24, 2.45) is 5.73 Å². The number of benzene rings is 1. The van der Waals surface area contributed by atoms with E-state index in [0.717, 1.165) is 23.6 Å². The molecule has 4 N–H and O–H groups in total. The van der Waals surface area contributed by atoms with E-state index < -0.39 is 0 Å². The molecule has 0 aliphatic heterocycles. The van der Waals surface area contributed by atoms with Crippen LogP contribution in [0.25, 0.3) is 22.2 Å². The van der Waals surface area contributed by atoms with Crippen LogP contribution in [0, 0.1) is 13.8 Å². The fraction of sp³-hybridized carbons (Fsp3) is 0.267. The Hall–Kier alpha value is -2.07. The molecule has 19 heavy (non-hydrogen) atoms. The average Bonchev–Trinajstić information content (AvgIpc) is 2.94. The van der Waals surface area contributed by atoms with Crippen molar-refractivity contribution >= 4 is 10.9 Å². The average molecular weight is 254 g/mol. The smallest absolute Gasteiger partial charge is 0.107 e. The van der Waals surface area contributed by atoms with Gasteiger partial charge in [0, 0.05) is 28.6 Å². The lowest BCUT2D eigenvalue weighted by molar-refractivity contribution is 0.895. The van der Waals surface area contributed by atoms with Crippen molar-refractivity contribution < 1.29 is 0 Å². The molecule has 4 heteroatoms. The van der Waals surface area contributed by atoms with Crippen molar-refractivity contribution in [1.29, 1.82) is 0 Å². The number of rotatable bonds is 3. The Labute approximate surface area is 112 Å². The molecule has 0 amide bonds. The minimum absolute atomic E-state index is 0.610. The van der Waals surface area contributed by atoms with E-state index in [2.05, 4.69) is 47.0 Å². The number of hydrogen-bond acceptors (Lipinski definition) is 2. The van der Waals surface area contributed by atoms with Crippen LogP contribution < -0.4 is 5.73 Å². The molecule has 2 heterocycles. The van der Waals surface area contributed by atoms with Gasteiger partial charge < -0.3 is 15.7 Å². The van der Waals surface area contributed by atoms with Crippen LogP contribution in [0.1, 0.15) is 17.1 Å². The molecule has 0 aliphatic rings. The van der Waals surface area contributed by atoms with Gasteiger partial charge in [-0.1, -0.05) is 12.1 Å². The Morgan fingerprint density at radius 3 is 2.84 bits per heavy atom. The van der Waals surface area contributed by atoms with Crippen LogP contribution in [0.3, 0.4) is 0 Å². The summed E-state index contributed by atoms with van der Waals surface area (Å²) in [5.74, 6) is 0.944. The first-order chi connectivity index (χ1) is 9.20. The molecule has 0 aliphatic carbocycles. The summed E-state index contributed by atoms with van der Waals surface area (Å²) < 4.78 is 0. The molecular formula is C15H18N4. The highest BCUT2D eigenvalue weighted by Crippen LogP contribution is 2.33. The van der Waals surface area contributed by atoms with Crippen molar-refractivity contribution in [2.75, 3.05) is 6.54 Å². The third-order valence-corrected chi connectivity index (χ3v) is 3.50. The summed E-state index contributed by atoms with van der Waals surface area (Å²) in [6, 6.07) is 6.32. The van der Waals surface area contributed by atoms with E-state index in [9.17, 15) is 0 Å². The molecule has 3 rings (SSSR count). The molecule has 2 aromatic heterocycles. The van der Waals surface area contributed by atoms with Crippen LogP contribution in [0.15, 0.2) is 24.4 Å². The summed E-state index contributed by atoms with van der Waals surface area (Å²) in [6.45, 7) is 4.84. The van der Waals surface area contributed by atoms with Gasteiger partial charge >= 0.3 is 0 Å². The molecule has 0 atom stereocenters. The molecule has 98 valence electrons. The van der Waals surface area contributed by atoms with E-state index in [1.165, 1.54) is 22.0 Å². The van der Waals surface area contributed by atoms with Gasteiger partial charge in [-0.2, -0.15) is 0 Å². The molecule has 0 bridgehead atoms. The van der Waals surface area contributed by atoms with Crippen LogP contribution in [0.2, 0.25) is 0 Å². The third kappa shape index (κ3) is 1.94. The minimum atomic E-state index is 0.610. The number of aryl methyl sites for hydroxylation is 2. The first-order valence-electron chi connectivity index (χ1n) is 6.53. The molecule has 0 saturated heterocycles. The van der Waals surface area contributed by atoms with Crippen molar-refractivity contribution in [3.05, 3.63) is 41.5 Å². The van der Waals surface area contributed by atoms with E-state index in [0.29, 0.717) is 6.54 Å². The van der Waals surface area contributed by atoms with Crippen molar-refractivity contribution in [3.8, 4) is 11.3 Å². The number of fused-ring (bicyclic) bond motifs is 1. The topological polar surface area (TPSA) is 70.5 Å². The number of aromatic amines is 2. The van der Waals surface area contributed by atoms with Gasteiger partial charge in [0.1, 0.15) is 5.82 Å². The predicted molar refractivity (Wildman–Crippen MR) is 78.1 cm³/mol. The molecule has 0 saturated carbocycles. The number of hydrogen-bond donors (Lipinski definition) is 3. The van der Waals surface area contributed by atoms with Crippen LogP contribution in [-0.4, -0.2) is 21.5 Å². The fourth-order valence-electron chi connectivity index (χ4n) is 2.65. The number of nitrogens with zero attached hydrogens (tertiary/aromatic N) is 1. The van der Waals surface area contributed by atoms with E-state index in [4.69, 9.17) is 5.73 Å². The Balaban J connectivity index is 2.20. The summed E-state index contributed by atoms with van der Waals surface area (Å²) in [7, 11) is 0. The summed E-state index contributed by atoms with van der Waals surface area (Å²) >= 11 is 0. The highest BCUT2D eigenvalue weighted by Gasteiger charge is 2.14. The minimum Gasteiger partial charge on any atom is -0.358 e. The maximum atomic E-state index is 5.57. The monoisotopic (exact) mass is 254 g/mol. The van der Waals surface area contributed by atoms with Crippen molar-refractivity contribution in [1.82, 2.24) is 15.0 Å². The van der Waals surface area contributed by atoms with Crippen LogP contribution >= 0.6 is 0 Å². The molecule has 0 unspecified atom stereocenters. The van der Waals surface area contributed by atoms with E-state index in [-0.39, 0.29) is 0 Å². The fourth-order valence-corrected chi connectivity index (χ4v) is 2.65. The van der Waals surface area contributed by atoms with Gasteiger partial charge in [0.05, 0.1) is 11.9 Å². The second kappa shape index (κ2) is 4.55. The maximum absolute atomic E-state index is 5.57. The summed E-state index contributed by atoms with van der Waals surface area (Å²) in [5.41, 5.74) is 11.4. The maximum Gasteiger partial charge on any atom is 0.107 e. The SMILES string of the molecule is Cc1[nH]c2cccc(C)c2c1-c1cnc(CCN)[nH]1. The lowest BCUT2D eigenvalue weighted by Crippen LogP contribution is -2.03. The number of aromatic nitrogens is 3. The van der Waals surface area contributed by atoms with E-state index >= 15 is 0 Å². The summed E-state index contributed by atoms with van der Waals surface area (Å²) in [5, 5.41) is 1.27. The second-order valence-electron chi connectivity index (χ2n) is 4.90.